The Morgan fingerprint density at radius 3 is 3.00 bits per heavy atom. The maximum atomic E-state index is 5.91. The van der Waals surface area contributed by atoms with Crippen LogP contribution in [0.2, 0.25) is 5.02 Å². The number of rotatable bonds is 6. The number of hydrogen-bond donors (Lipinski definition) is 0. The highest BCUT2D eigenvalue weighted by atomic mass is 35.5. The molecule has 0 fully saturated rings. The van der Waals surface area contributed by atoms with Gasteiger partial charge < -0.3 is 0 Å². The van der Waals surface area contributed by atoms with Crippen LogP contribution in [0, 0.1) is 0 Å². The Morgan fingerprint density at radius 2 is 2.22 bits per heavy atom. The van der Waals surface area contributed by atoms with E-state index in [1.54, 1.807) is 12.7 Å². The number of halogens is 1. The average Bonchev–Trinajstić information content (AvgIpc) is 2.87. The average molecular weight is 262 g/mol. The summed E-state index contributed by atoms with van der Waals surface area (Å²) >= 11 is 5.91. The summed E-state index contributed by atoms with van der Waals surface area (Å²) in [5, 5.41) is 4.85. The molecule has 1 heterocycles. The lowest BCUT2D eigenvalue weighted by atomic mass is 10.1. The number of unbranched alkanes of at least 4 members (excludes halogenated alkanes) is 2. The number of aryl methyl sites for hydroxylation is 1. The molecule has 0 bridgehead atoms. The van der Waals surface area contributed by atoms with Gasteiger partial charge in [0.15, 0.2) is 0 Å². The summed E-state index contributed by atoms with van der Waals surface area (Å²) in [4.78, 5) is 3.91. The zero-order chi connectivity index (χ0) is 12.6. The van der Waals surface area contributed by atoms with E-state index in [0.29, 0.717) is 0 Å². The molecule has 0 atom stereocenters. The Kier molecular flexibility index (Phi) is 4.97. The summed E-state index contributed by atoms with van der Waals surface area (Å²) < 4.78 is 1.86. The molecule has 0 aliphatic rings. The standard InChI is InChI=1S/C14H16ClN3/c15-14-8-5-7-13(10-14)6-3-1-2-4-9-18-12-16-11-17-18/h3,5-8,10-12H,1-2,4,9H2/b6-3+. The van der Waals surface area contributed by atoms with Gasteiger partial charge in [0.05, 0.1) is 0 Å². The minimum Gasteiger partial charge on any atom is -0.253 e. The van der Waals surface area contributed by atoms with Crippen molar-refractivity contribution < 1.29 is 0 Å². The Morgan fingerprint density at radius 1 is 1.28 bits per heavy atom. The van der Waals surface area contributed by atoms with Crippen LogP contribution in [0.3, 0.4) is 0 Å². The smallest absolute Gasteiger partial charge is 0.137 e. The van der Waals surface area contributed by atoms with Gasteiger partial charge in [-0.15, -0.1) is 0 Å². The van der Waals surface area contributed by atoms with Crippen LogP contribution in [0.5, 0.6) is 0 Å². The minimum absolute atomic E-state index is 0.781. The number of benzene rings is 1. The molecular weight excluding hydrogens is 246 g/mol. The van der Waals surface area contributed by atoms with Crippen LogP contribution < -0.4 is 0 Å². The Balaban J connectivity index is 1.66. The number of allylic oxidation sites excluding steroid dienone is 1. The molecule has 0 N–H and O–H groups in total. The van der Waals surface area contributed by atoms with E-state index in [1.165, 1.54) is 0 Å². The number of aromatic nitrogens is 3. The van der Waals surface area contributed by atoms with Gasteiger partial charge in [-0.05, 0) is 37.0 Å². The monoisotopic (exact) mass is 261 g/mol. The Bertz CT molecular complexity index is 492. The zero-order valence-corrected chi connectivity index (χ0v) is 10.9. The van der Waals surface area contributed by atoms with Crippen molar-refractivity contribution >= 4 is 17.7 Å². The summed E-state index contributed by atoms with van der Waals surface area (Å²) in [5.74, 6) is 0. The first kappa shape index (κ1) is 12.8. The second-order valence-corrected chi connectivity index (χ2v) is 4.55. The maximum absolute atomic E-state index is 5.91. The van der Waals surface area contributed by atoms with E-state index in [2.05, 4.69) is 28.3 Å². The van der Waals surface area contributed by atoms with Crippen molar-refractivity contribution in [3.63, 3.8) is 0 Å². The highest BCUT2D eigenvalue weighted by Gasteiger charge is 1.91. The van der Waals surface area contributed by atoms with Crippen molar-refractivity contribution in [2.45, 2.75) is 25.8 Å². The summed E-state index contributed by atoms with van der Waals surface area (Å²) in [5.41, 5.74) is 1.15. The lowest BCUT2D eigenvalue weighted by Gasteiger charge is -1.98. The Hall–Kier alpha value is -1.61. The predicted molar refractivity (Wildman–Crippen MR) is 74.4 cm³/mol. The van der Waals surface area contributed by atoms with E-state index in [9.17, 15) is 0 Å². The zero-order valence-electron chi connectivity index (χ0n) is 10.2. The molecule has 0 amide bonds. The molecule has 4 heteroatoms. The van der Waals surface area contributed by atoms with Gasteiger partial charge >= 0.3 is 0 Å². The number of hydrogen-bond acceptors (Lipinski definition) is 2. The molecule has 0 spiro atoms. The van der Waals surface area contributed by atoms with Crippen LogP contribution >= 0.6 is 11.6 Å². The molecule has 0 saturated carbocycles. The molecule has 1 aromatic carbocycles. The van der Waals surface area contributed by atoms with E-state index >= 15 is 0 Å². The van der Waals surface area contributed by atoms with Gasteiger partial charge in [0, 0.05) is 11.6 Å². The van der Waals surface area contributed by atoms with Crippen LogP contribution in [0.1, 0.15) is 24.8 Å². The van der Waals surface area contributed by atoms with Crippen molar-refractivity contribution in [2.75, 3.05) is 0 Å². The largest absolute Gasteiger partial charge is 0.253 e. The van der Waals surface area contributed by atoms with E-state index in [-0.39, 0.29) is 0 Å². The molecule has 0 radical (unpaired) electrons. The van der Waals surface area contributed by atoms with Crippen molar-refractivity contribution in [1.82, 2.24) is 14.8 Å². The number of nitrogens with zero attached hydrogens (tertiary/aromatic N) is 3. The van der Waals surface area contributed by atoms with Gasteiger partial charge in [-0.3, -0.25) is 4.68 Å². The van der Waals surface area contributed by atoms with Crippen LogP contribution in [0.4, 0.5) is 0 Å². The third-order valence-electron chi connectivity index (χ3n) is 2.63. The molecule has 2 aromatic rings. The lowest BCUT2D eigenvalue weighted by molar-refractivity contribution is 0.559. The molecule has 0 aliphatic carbocycles. The second-order valence-electron chi connectivity index (χ2n) is 4.11. The van der Waals surface area contributed by atoms with Gasteiger partial charge in [0.2, 0.25) is 0 Å². The van der Waals surface area contributed by atoms with E-state index < -0.39 is 0 Å². The highest BCUT2D eigenvalue weighted by Crippen LogP contribution is 2.12. The van der Waals surface area contributed by atoms with Crippen molar-refractivity contribution in [3.8, 4) is 0 Å². The van der Waals surface area contributed by atoms with Crippen molar-refractivity contribution in [2.24, 2.45) is 0 Å². The van der Waals surface area contributed by atoms with Crippen LogP contribution in [-0.2, 0) is 6.54 Å². The highest BCUT2D eigenvalue weighted by molar-refractivity contribution is 6.30. The first-order valence-corrected chi connectivity index (χ1v) is 6.47. The normalized spacial score (nSPS) is 11.2. The molecule has 0 saturated heterocycles. The van der Waals surface area contributed by atoms with Gasteiger partial charge in [0.1, 0.15) is 12.7 Å². The molecule has 0 unspecified atom stereocenters. The quantitative estimate of drug-likeness (QED) is 0.740. The van der Waals surface area contributed by atoms with Gasteiger partial charge in [-0.1, -0.05) is 35.9 Å². The Labute approximate surface area is 112 Å². The third kappa shape index (κ3) is 4.34. The molecule has 0 aliphatic heterocycles. The SMILES string of the molecule is Clc1cccc(/C=C/CCCCn2cncn2)c1. The van der Waals surface area contributed by atoms with E-state index in [0.717, 1.165) is 36.4 Å². The third-order valence-corrected chi connectivity index (χ3v) is 2.87. The van der Waals surface area contributed by atoms with Crippen molar-refractivity contribution in [1.29, 1.82) is 0 Å². The summed E-state index contributed by atoms with van der Waals surface area (Å²) in [6.45, 7) is 0.936. The maximum Gasteiger partial charge on any atom is 0.137 e. The topological polar surface area (TPSA) is 30.7 Å². The lowest BCUT2D eigenvalue weighted by Crippen LogP contribution is -1.97. The predicted octanol–water partition coefficient (Wildman–Crippen LogP) is 3.82. The summed E-state index contributed by atoms with van der Waals surface area (Å²) in [7, 11) is 0. The molecule has 3 nitrogen and oxygen atoms in total. The van der Waals surface area contributed by atoms with E-state index in [4.69, 9.17) is 11.6 Å². The fourth-order valence-corrected chi connectivity index (χ4v) is 1.91. The van der Waals surface area contributed by atoms with Gasteiger partial charge in [0.25, 0.3) is 0 Å². The minimum atomic E-state index is 0.781. The molecule has 94 valence electrons. The molecule has 2 rings (SSSR count). The summed E-state index contributed by atoms with van der Waals surface area (Å²) in [6.07, 6.45) is 11.0. The van der Waals surface area contributed by atoms with Crippen LogP contribution in [0.25, 0.3) is 6.08 Å². The first-order chi connectivity index (χ1) is 8.84. The summed E-state index contributed by atoms with van der Waals surface area (Å²) in [6, 6.07) is 7.87. The second kappa shape index (κ2) is 6.97. The fraction of sp³-hybridized carbons (Fsp3) is 0.286. The fourth-order valence-electron chi connectivity index (χ4n) is 1.71. The molecule has 1 aromatic heterocycles. The first-order valence-electron chi connectivity index (χ1n) is 6.09. The molecular formula is C14H16ClN3. The van der Waals surface area contributed by atoms with Crippen molar-refractivity contribution in [3.05, 3.63) is 53.6 Å². The van der Waals surface area contributed by atoms with E-state index in [1.807, 2.05) is 22.9 Å². The molecule has 18 heavy (non-hydrogen) atoms. The van der Waals surface area contributed by atoms with Gasteiger partial charge in [-0.2, -0.15) is 5.10 Å². The van der Waals surface area contributed by atoms with Crippen LogP contribution in [-0.4, -0.2) is 14.8 Å². The van der Waals surface area contributed by atoms with Crippen LogP contribution in [0.15, 0.2) is 43.0 Å². The van der Waals surface area contributed by atoms with Gasteiger partial charge in [-0.25, -0.2) is 4.98 Å².